The molecule has 1 atom stereocenters. The third kappa shape index (κ3) is 5.03. The lowest BCUT2D eigenvalue weighted by Crippen LogP contribution is -2.24. The summed E-state index contributed by atoms with van der Waals surface area (Å²) in [6, 6.07) is 10.4. The number of carbonyl (C=O) groups excluding carboxylic acids is 1. The maximum Gasteiger partial charge on any atom is 0.414 e. The van der Waals surface area contributed by atoms with Crippen molar-refractivity contribution >= 4 is 17.7 Å². The fourth-order valence-electron chi connectivity index (χ4n) is 1.96. The molecule has 1 unspecified atom stereocenters. The normalized spacial score (nSPS) is 11.3. The number of carbonyl (C=O) groups is 2. The molecular formula is C17H17NO7. The van der Waals surface area contributed by atoms with Gasteiger partial charge in [0.15, 0.2) is 0 Å². The van der Waals surface area contributed by atoms with Crippen molar-refractivity contribution < 1.29 is 34.0 Å². The molecule has 0 aliphatic rings. The zero-order valence-electron chi connectivity index (χ0n) is 13.6. The molecule has 0 heterocycles. The molecule has 25 heavy (non-hydrogen) atoms. The predicted molar refractivity (Wildman–Crippen MR) is 88.3 cm³/mol. The molecule has 8 nitrogen and oxygen atoms in total. The molecule has 0 radical (unpaired) electrons. The van der Waals surface area contributed by atoms with Crippen LogP contribution in [0.25, 0.3) is 0 Å². The Bertz CT molecular complexity index is 758. The minimum Gasteiger partial charge on any atom is -0.507 e. The Morgan fingerprint density at radius 1 is 1.08 bits per heavy atom. The number of anilines is 1. The van der Waals surface area contributed by atoms with Gasteiger partial charge in [-0.3, -0.25) is 5.32 Å². The van der Waals surface area contributed by atoms with E-state index in [1.165, 1.54) is 19.1 Å². The molecule has 132 valence electrons. The Kier molecular flexibility index (Phi) is 5.67. The minimum atomic E-state index is -1.27. The monoisotopic (exact) mass is 347 g/mol. The number of benzene rings is 2. The number of aromatic hydroxyl groups is 1. The smallest absolute Gasteiger partial charge is 0.414 e. The zero-order chi connectivity index (χ0) is 18.4. The number of methoxy groups -OCH3 is 1. The van der Waals surface area contributed by atoms with E-state index in [-0.39, 0.29) is 11.3 Å². The highest BCUT2D eigenvalue weighted by atomic mass is 16.7. The van der Waals surface area contributed by atoms with Crippen LogP contribution in [-0.4, -0.2) is 35.7 Å². The van der Waals surface area contributed by atoms with E-state index in [9.17, 15) is 14.7 Å². The lowest BCUT2D eigenvalue weighted by Gasteiger charge is -2.16. The van der Waals surface area contributed by atoms with E-state index in [2.05, 4.69) is 5.32 Å². The number of hydrogen-bond donors (Lipinski definition) is 3. The molecule has 0 spiro atoms. The van der Waals surface area contributed by atoms with Crippen molar-refractivity contribution in [3.05, 3.63) is 48.0 Å². The van der Waals surface area contributed by atoms with Crippen molar-refractivity contribution in [2.24, 2.45) is 0 Å². The van der Waals surface area contributed by atoms with E-state index in [1.807, 2.05) is 0 Å². The van der Waals surface area contributed by atoms with Crippen LogP contribution in [0.5, 0.6) is 17.2 Å². The molecule has 0 bridgehead atoms. The van der Waals surface area contributed by atoms with Gasteiger partial charge in [0.05, 0.1) is 7.11 Å². The number of aromatic carboxylic acids is 1. The Morgan fingerprint density at radius 2 is 1.72 bits per heavy atom. The number of phenols is 1. The summed E-state index contributed by atoms with van der Waals surface area (Å²) in [5, 5.41) is 20.8. The molecule has 1 amide bonds. The van der Waals surface area contributed by atoms with Crippen LogP contribution < -0.4 is 14.8 Å². The fraction of sp³-hybridized carbons (Fsp3) is 0.176. The van der Waals surface area contributed by atoms with Gasteiger partial charge in [0.1, 0.15) is 22.8 Å². The molecule has 0 aromatic heterocycles. The van der Waals surface area contributed by atoms with Gasteiger partial charge in [0, 0.05) is 18.7 Å². The van der Waals surface area contributed by atoms with Gasteiger partial charge in [0.2, 0.25) is 6.29 Å². The minimum absolute atomic E-state index is 0.184. The fourth-order valence-corrected chi connectivity index (χ4v) is 1.96. The molecule has 2 aromatic rings. The average molecular weight is 347 g/mol. The largest absolute Gasteiger partial charge is 0.507 e. The van der Waals surface area contributed by atoms with Crippen LogP contribution in [0.1, 0.15) is 17.3 Å². The van der Waals surface area contributed by atoms with Crippen molar-refractivity contribution in [3.8, 4) is 17.2 Å². The lowest BCUT2D eigenvalue weighted by molar-refractivity contribution is -0.0119. The summed E-state index contributed by atoms with van der Waals surface area (Å²) in [5.41, 5.74) is -0.0840. The quantitative estimate of drug-likeness (QED) is 0.688. The molecule has 3 N–H and O–H groups in total. The van der Waals surface area contributed by atoms with Gasteiger partial charge >= 0.3 is 12.1 Å². The van der Waals surface area contributed by atoms with Gasteiger partial charge in [0.25, 0.3) is 0 Å². The summed E-state index contributed by atoms with van der Waals surface area (Å²) in [4.78, 5) is 22.6. The summed E-state index contributed by atoms with van der Waals surface area (Å²) in [5.74, 6) is -0.575. The molecule has 0 aliphatic heterocycles. The van der Waals surface area contributed by atoms with Crippen LogP contribution in [0.2, 0.25) is 0 Å². The van der Waals surface area contributed by atoms with Crippen LogP contribution in [0.4, 0.5) is 10.5 Å². The van der Waals surface area contributed by atoms with Gasteiger partial charge in [-0.1, -0.05) is 0 Å². The number of amides is 1. The highest BCUT2D eigenvalue weighted by Gasteiger charge is 2.14. The van der Waals surface area contributed by atoms with Gasteiger partial charge < -0.3 is 24.4 Å². The van der Waals surface area contributed by atoms with Crippen molar-refractivity contribution in [1.82, 2.24) is 0 Å². The maximum absolute atomic E-state index is 11.8. The predicted octanol–water partition coefficient (Wildman–Crippen LogP) is 3.07. The van der Waals surface area contributed by atoms with Crippen LogP contribution >= 0.6 is 0 Å². The summed E-state index contributed by atoms with van der Waals surface area (Å²) in [7, 11) is 1.55. The van der Waals surface area contributed by atoms with E-state index >= 15 is 0 Å². The third-order valence-corrected chi connectivity index (χ3v) is 3.11. The highest BCUT2D eigenvalue weighted by Crippen LogP contribution is 2.22. The molecule has 0 fully saturated rings. The van der Waals surface area contributed by atoms with Crippen molar-refractivity contribution in [1.29, 1.82) is 0 Å². The SMILES string of the molecule is COc1ccc(OC(C)OC(=O)Nc2ccc(C(=O)O)c(O)c2)cc1. The first-order valence-electron chi connectivity index (χ1n) is 7.23. The number of rotatable bonds is 6. The Hall–Kier alpha value is -3.42. The Labute approximate surface area is 143 Å². The van der Waals surface area contributed by atoms with E-state index in [4.69, 9.17) is 19.3 Å². The van der Waals surface area contributed by atoms with Crippen molar-refractivity contribution in [2.75, 3.05) is 12.4 Å². The number of hydrogen-bond acceptors (Lipinski definition) is 6. The third-order valence-electron chi connectivity index (χ3n) is 3.11. The maximum atomic E-state index is 11.8. The van der Waals surface area contributed by atoms with Gasteiger partial charge in [-0.05, 0) is 36.4 Å². The topological polar surface area (TPSA) is 114 Å². The van der Waals surface area contributed by atoms with Crippen LogP contribution in [0.15, 0.2) is 42.5 Å². The molecule has 0 saturated heterocycles. The second-order valence-electron chi connectivity index (χ2n) is 4.93. The van der Waals surface area contributed by atoms with Gasteiger partial charge in [-0.2, -0.15) is 0 Å². The zero-order valence-corrected chi connectivity index (χ0v) is 13.6. The van der Waals surface area contributed by atoms with Crippen LogP contribution in [-0.2, 0) is 4.74 Å². The molecule has 0 saturated carbocycles. The number of nitrogens with one attached hydrogen (secondary N) is 1. The van der Waals surface area contributed by atoms with Crippen LogP contribution in [0, 0.1) is 0 Å². The lowest BCUT2D eigenvalue weighted by atomic mass is 10.2. The summed E-state index contributed by atoms with van der Waals surface area (Å²) < 4.78 is 15.5. The summed E-state index contributed by atoms with van der Waals surface area (Å²) >= 11 is 0. The average Bonchev–Trinajstić information content (AvgIpc) is 2.55. The second-order valence-corrected chi connectivity index (χ2v) is 4.93. The van der Waals surface area contributed by atoms with Gasteiger partial charge in [-0.15, -0.1) is 0 Å². The standard InChI is InChI=1S/C17H17NO7/c1-10(24-13-6-4-12(23-2)5-7-13)25-17(22)18-11-3-8-14(16(20)21)15(19)9-11/h3-10,19H,1-2H3,(H,18,22)(H,20,21). The van der Waals surface area contributed by atoms with E-state index < -0.39 is 24.1 Å². The van der Waals surface area contributed by atoms with E-state index in [1.54, 1.807) is 31.4 Å². The Morgan fingerprint density at radius 3 is 2.28 bits per heavy atom. The first-order chi connectivity index (χ1) is 11.9. The molecule has 0 aliphatic carbocycles. The number of ether oxygens (including phenoxy) is 3. The van der Waals surface area contributed by atoms with Crippen LogP contribution in [0.3, 0.4) is 0 Å². The molecule has 8 heteroatoms. The Balaban J connectivity index is 1.90. The first-order valence-corrected chi connectivity index (χ1v) is 7.23. The highest BCUT2D eigenvalue weighted by molar-refractivity contribution is 5.92. The number of carboxylic acids is 1. The summed E-state index contributed by atoms with van der Waals surface area (Å²) in [6.45, 7) is 1.54. The first kappa shape index (κ1) is 17.9. The summed E-state index contributed by atoms with van der Waals surface area (Å²) in [6.07, 6.45) is -1.69. The number of carboxylic acid groups (broad SMARTS) is 1. The van der Waals surface area contributed by atoms with Crippen molar-refractivity contribution in [3.63, 3.8) is 0 Å². The van der Waals surface area contributed by atoms with Gasteiger partial charge in [-0.25, -0.2) is 9.59 Å². The molecule has 2 rings (SSSR count). The van der Waals surface area contributed by atoms with E-state index in [0.29, 0.717) is 11.5 Å². The van der Waals surface area contributed by atoms with E-state index in [0.717, 1.165) is 6.07 Å². The molecule has 2 aromatic carbocycles. The second kappa shape index (κ2) is 7.91. The molecular weight excluding hydrogens is 330 g/mol. The van der Waals surface area contributed by atoms with Crippen molar-refractivity contribution in [2.45, 2.75) is 13.2 Å².